The van der Waals surface area contributed by atoms with Crippen molar-refractivity contribution in [1.82, 2.24) is 0 Å². The molecule has 1 atom stereocenters. The van der Waals surface area contributed by atoms with Crippen molar-refractivity contribution in [3.8, 4) is 0 Å². The van der Waals surface area contributed by atoms with Crippen LogP contribution in [0.2, 0.25) is 10.0 Å². The summed E-state index contributed by atoms with van der Waals surface area (Å²) in [5, 5.41) is 11.9. The maximum atomic E-state index is 11.3. The second-order valence-corrected chi connectivity index (χ2v) is 6.88. The van der Waals surface area contributed by atoms with Crippen LogP contribution in [0.3, 0.4) is 0 Å². The van der Waals surface area contributed by atoms with Gasteiger partial charge in [0.05, 0.1) is 15.0 Å². The van der Waals surface area contributed by atoms with Gasteiger partial charge < -0.3 is 0 Å². The van der Waals surface area contributed by atoms with E-state index >= 15 is 0 Å². The second-order valence-electron chi connectivity index (χ2n) is 4.92. The highest BCUT2D eigenvalue weighted by Crippen LogP contribution is 2.47. The molecule has 2 aromatic carbocycles. The molecular weight excluding hydrogens is 353 g/mol. The summed E-state index contributed by atoms with van der Waals surface area (Å²) in [6.45, 7) is 0. The molecule has 116 valence electrons. The highest BCUT2D eigenvalue weighted by molar-refractivity contribution is 8.08. The molecule has 0 spiro atoms. The number of rotatable bonds is 3. The van der Waals surface area contributed by atoms with Crippen LogP contribution >= 0.6 is 35.0 Å². The van der Waals surface area contributed by atoms with E-state index in [9.17, 15) is 10.1 Å². The summed E-state index contributed by atoms with van der Waals surface area (Å²) in [6.07, 6.45) is 3.31. The van der Waals surface area contributed by atoms with E-state index in [0.29, 0.717) is 10.0 Å². The van der Waals surface area contributed by atoms with E-state index in [0.717, 1.165) is 16.0 Å². The molecule has 0 saturated carbocycles. The van der Waals surface area contributed by atoms with Gasteiger partial charge in [0.1, 0.15) is 5.25 Å². The van der Waals surface area contributed by atoms with E-state index in [1.165, 1.54) is 11.8 Å². The summed E-state index contributed by atoms with van der Waals surface area (Å²) in [5.41, 5.74) is 1.96. The van der Waals surface area contributed by atoms with Crippen LogP contribution in [0, 0.1) is 10.1 Å². The first-order chi connectivity index (χ1) is 11.1. The average Bonchev–Trinajstić information content (AvgIpc) is 2.57. The van der Waals surface area contributed by atoms with Gasteiger partial charge in [-0.15, -0.1) is 11.8 Å². The highest BCUT2D eigenvalue weighted by atomic mass is 35.5. The predicted octanol–water partition coefficient (Wildman–Crippen LogP) is 5.98. The molecule has 0 N–H and O–H groups in total. The molecule has 23 heavy (non-hydrogen) atoms. The SMILES string of the molecule is O=[N+]([O-])C1=CC=C(c2ccc(Cl)c(Cl)c2)SC1c1ccccc1. The van der Waals surface area contributed by atoms with Gasteiger partial charge in [0.25, 0.3) is 5.70 Å². The standard InChI is InChI=1S/C17H11Cl2NO2S/c18-13-7-6-12(10-14(13)19)16-9-8-15(20(21)22)17(23-16)11-4-2-1-3-5-11/h1-10,17H. The van der Waals surface area contributed by atoms with Crippen molar-refractivity contribution in [1.29, 1.82) is 0 Å². The fourth-order valence-electron chi connectivity index (χ4n) is 2.31. The maximum Gasteiger partial charge on any atom is 0.263 e. The third-order valence-corrected chi connectivity index (χ3v) is 5.55. The van der Waals surface area contributed by atoms with Crippen LogP contribution in [-0.4, -0.2) is 4.92 Å². The largest absolute Gasteiger partial charge is 0.263 e. The Kier molecular flexibility index (Phi) is 4.76. The first-order valence-corrected chi connectivity index (χ1v) is 8.43. The molecule has 0 radical (unpaired) electrons. The number of hydrogen-bond donors (Lipinski definition) is 0. The van der Waals surface area contributed by atoms with Crippen LogP contribution < -0.4 is 0 Å². The van der Waals surface area contributed by atoms with Crippen molar-refractivity contribution < 1.29 is 4.92 Å². The number of nitrogens with zero attached hydrogens (tertiary/aromatic N) is 1. The molecule has 0 aliphatic carbocycles. The van der Waals surface area contributed by atoms with Crippen LogP contribution in [0.4, 0.5) is 0 Å². The number of hydrogen-bond acceptors (Lipinski definition) is 3. The molecule has 3 nitrogen and oxygen atoms in total. The zero-order valence-electron chi connectivity index (χ0n) is 11.8. The van der Waals surface area contributed by atoms with Crippen molar-refractivity contribution in [2.24, 2.45) is 0 Å². The smallest absolute Gasteiger partial charge is 0.259 e. The molecule has 1 aliphatic rings. The Morgan fingerprint density at radius 3 is 2.39 bits per heavy atom. The third-order valence-electron chi connectivity index (χ3n) is 3.44. The summed E-state index contributed by atoms with van der Waals surface area (Å²) in [5.74, 6) is 0. The summed E-state index contributed by atoms with van der Waals surface area (Å²) in [7, 11) is 0. The van der Waals surface area contributed by atoms with E-state index in [1.54, 1.807) is 24.3 Å². The molecule has 2 aromatic rings. The molecule has 0 saturated heterocycles. The first kappa shape index (κ1) is 16.1. The van der Waals surface area contributed by atoms with Crippen molar-refractivity contribution in [3.63, 3.8) is 0 Å². The molecule has 1 heterocycles. The Morgan fingerprint density at radius 1 is 1.00 bits per heavy atom. The fourth-order valence-corrected chi connectivity index (χ4v) is 3.85. The van der Waals surface area contributed by atoms with Gasteiger partial charge in [-0.3, -0.25) is 10.1 Å². The normalized spacial score (nSPS) is 17.4. The molecule has 0 bridgehead atoms. The number of nitro groups is 1. The Labute approximate surface area is 147 Å². The maximum absolute atomic E-state index is 11.3. The topological polar surface area (TPSA) is 43.1 Å². The lowest BCUT2D eigenvalue weighted by molar-refractivity contribution is -0.427. The van der Waals surface area contributed by atoms with Crippen molar-refractivity contribution in [3.05, 3.63) is 97.7 Å². The highest BCUT2D eigenvalue weighted by Gasteiger charge is 2.31. The van der Waals surface area contributed by atoms with Crippen LogP contribution in [0.1, 0.15) is 16.4 Å². The molecule has 1 aliphatic heterocycles. The lowest BCUT2D eigenvalue weighted by atomic mass is 10.1. The van der Waals surface area contributed by atoms with E-state index in [-0.39, 0.29) is 15.9 Å². The first-order valence-electron chi connectivity index (χ1n) is 6.79. The average molecular weight is 364 g/mol. The second kappa shape index (κ2) is 6.79. The fraction of sp³-hybridized carbons (Fsp3) is 0.0588. The van der Waals surface area contributed by atoms with Gasteiger partial charge in [0.2, 0.25) is 0 Å². The van der Waals surface area contributed by atoms with E-state index in [2.05, 4.69) is 0 Å². The molecule has 6 heteroatoms. The molecule has 0 aromatic heterocycles. The summed E-state index contributed by atoms with van der Waals surface area (Å²) in [4.78, 5) is 11.9. The van der Waals surface area contributed by atoms with Gasteiger partial charge in [-0.1, -0.05) is 59.6 Å². The minimum Gasteiger partial charge on any atom is -0.259 e. The van der Waals surface area contributed by atoms with Crippen molar-refractivity contribution in [2.75, 3.05) is 0 Å². The van der Waals surface area contributed by atoms with Crippen LogP contribution in [-0.2, 0) is 0 Å². The molecular formula is C17H11Cl2NO2S. The summed E-state index contributed by atoms with van der Waals surface area (Å²) in [6, 6.07) is 14.8. The number of allylic oxidation sites excluding steroid dienone is 2. The molecule has 0 amide bonds. The lowest BCUT2D eigenvalue weighted by Crippen LogP contribution is -2.10. The van der Waals surface area contributed by atoms with Gasteiger partial charge in [-0.25, -0.2) is 0 Å². The minimum atomic E-state index is -0.361. The molecule has 3 rings (SSSR count). The van der Waals surface area contributed by atoms with Gasteiger partial charge >= 0.3 is 0 Å². The molecule has 0 fully saturated rings. The lowest BCUT2D eigenvalue weighted by Gasteiger charge is -2.20. The zero-order valence-corrected chi connectivity index (χ0v) is 14.1. The van der Waals surface area contributed by atoms with Gasteiger partial charge in [-0.2, -0.15) is 0 Å². The predicted molar refractivity (Wildman–Crippen MR) is 96.3 cm³/mol. The van der Waals surface area contributed by atoms with Crippen LogP contribution in [0.15, 0.2) is 66.4 Å². The zero-order chi connectivity index (χ0) is 16.4. The van der Waals surface area contributed by atoms with Gasteiger partial charge in [-0.05, 0) is 29.3 Å². The van der Waals surface area contributed by atoms with Gasteiger partial charge in [0.15, 0.2) is 0 Å². The van der Waals surface area contributed by atoms with Crippen molar-refractivity contribution in [2.45, 2.75) is 5.25 Å². The third kappa shape index (κ3) is 3.44. The Bertz CT molecular complexity index is 819. The Morgan fingerprint density at radius 2 is 1.74 bits per heavy atom. The number of thioether (sulfide) groups is 1. The monoisotopic (exact) mass is 363 g/mol. The van der Waals surface area contributed by atoms with Gasteiger partial charge in [0, 0.05) is 11.0 Å². The van der Waals surface area contributed by atoms with E-state index in [4.69, 9.17) is 23.2 Å². The summed E-state index contributed by atoms with van der Waals surface area (Å²) < 4.78 is 0. The quantitative estimate of drug-likeness (QED) is 0.497. The van der Waals surface area contributed by atoms with E-state index in [1.807, 2.05) is 36.4 Å². The minimum absolute atomic E-state index is 0.171. The Hall–Kier alpha value is -1.75. The van der Waals surface area contributed by atoms with E-state index < -0.39 is 0 Å². The summed E-state index contributed by atoms with van der Waals surface area (Å²) >= 11 is 13.5. The number of halogens is 2. The Balaban J connectivity index is 2.01. The molecule has 1 unspecified atom stereocenters. The van der Waals surface area contributed by atoms with Crippen LogP contribution in [0.25, 0.3) is 4.91 Å². The number of benzene rings is 2. The van der Waals surface area contributed by atoms with Crippen LogP contribution in [0.5, 0.6) is 0 Å². The van der Waals surface area contributed by atoms with Crippen molar-refractivity contribution >= 4 is 39.9 Å².